The van der Waals surface area contributed by atoms with Gasteiger partial charge in [0.15, 0.2) is 16.5 Å². The second kappa shape index (κ2) is 6.18. The minimum absolute atomic E-state index is 0.337. The lowest BCUT2D eigenvalue weighted by molar-refractivity contribution is 0.268. The largest absolute Gasteiger partial charge is 0.490 e. The minimum Gasteiger partial charge on any atom is -0.490 e. The molecule has 1 heterocycles. The van der Waals surface area contributed by atoms with E-state index in [4.69, 9.17) is 15.3 Å². The number of ether oxygens (including phenoxy) is 2. The molecule has 0 spiro atoms. The van der Waals surface area contributed by atoms with Gasteiger partial charge in [0.05, 0.1) is 6.61 Å². The summed E-state index contributed by atoms with van der Waals surface area (Å²) >= 11 is 1.35. The molecule has 7 heteroatoms. The number of hydrazine groups is 1. The van der Waals surface area contributed by atoms with Gasteiger partial charge < -0.3 is 9.47 Å². The van der Waals surface area contributed by atoms with Crippen molar-refractivity contribution in [1.82, 2.24) is 10.2 Å². The highest BCUT2D eigenvalue weighted by Crippen LogP contribution is 2.27. The maximum atomic E-state index is 5.65. The number of nitrogens with zero attached hydrogens (tertiary/aromatic N) is 2. The van der Waals surface area contributed by atoms with Crippen LogP contribution in [0, 0.1) is 0 Å². The number of nitrogens with one attached hydrogen (secondary N) is 1. The van der Waals surface area contributed by atoms with E-state index in [0.29, 0.717) is 24.1 Å². The molecule has 1 aromatic carbocycles. The summed E-state index contributed by atoms with van der Waals surface area (Å²) < 4.78 is 11.1. The van der Waals surface area contributed by atoms with Crippen molar-refractivity contribution in [2.75, 3.05) is 12.0 Å². The molecule has 0 bridgehead atoms. The lowest BCUT2D eigenvalue weighted by atomic mass is 10.3. The van der Waals surface area contributed by atoms with Gasteiger partial charge in [-0.2, -0.15) is 0 Å². The number of para-hydroxylation sites is 2. The second-order valence-corrected chi connectivity index (χ2v) is 4.38. The number of anilines is 1. The van der Waals surface area contributed by atoms with Crippen molar-refractivity contribution in [3.05, 3.63) is 29.3 Å². The number of nitrogen functional groups attached to an aromatic ring is 1. The summed E-state index contributed by atoms with van der Waals surface area (Å²) in [5.74, 6) is 6.65. The van der Waals surface area contributed by atoms with Crippen molar-refractivity contribution in [3.8, 4) is 11.5 Å². The van der Waals surface area contributed by atoms with Crippen LogP contribution in [0.3, 0.4) is 0 Å². The van der Waals surface area contributed by atoms with Gasteiger partial charge in [-0.3, -0.25) is 5.43 Å². The number of hydrogen-bond acceptors (Lipinski definition) is 7. The number of nitrogens with two attached hydrogens (primary N) is 1. The second-order valence-electron chi connectivity index (χ2n) is 3.31. The van der Waals surface area contributed by atoms with Crippen molar-refractivity contribution < 1.29 is 9.47 Å². The smallest absolute Gasteiger partial charge is 0.219 e. The van der Waals surface area contributed by atoms with Crippen molar-refractivity contribution >= 4 is 16.5 Å². The molecule has 0 saturated heterocycles. The lowest BCUT2D eigenvalue weighted by Crippen LogP contribution is -2.05. The predicted octanol–water partition coefficient (Wildman–Crippen LogP) is 1.80. The topological polar surface area (TPSA) is 82.3 Å². The van der Waals surface area contributed by atoms with E-state index in [1.807, 2.05) is 31.2 Å². The van der Waals surface area contributed by atoms with Gasteiger partial charge in [-0.25, -0.2) is 5.84 Å². The van der Waals surface area contributed by atoms with Crippen LogP contribution in [0.4, 0.5) is 5.13 Å². The summed E-state index contributed by atoms with van der Waals surface area (Å²) in [5.41, 5.74) is 2.44. The van der Waals surface area contributed by atoms with Crippen molar-refractivity contribution in [2.24, 2.45) is 5.84 Å². The molecule has 96 valence electrons. The molecule has 0 aliphatic heterocycles. The van der Waals surface area contributed by atoms with Gasteiger partial charge >= 0.3 is 0 Å². The molecule has 0 aliphatic carbocycles. The standard InChI is InChI=1S/C11H14N4O2S/c1-2-16-8-5-3-4-6-9(8)17-7-10-14-15-11(13-12)18-10/h3-6H,2,7,12H2,1H3,(H,13,15). The predicted molar refractivity (Wildman–Crippen MR) is 69.7 cm³/mol. The zero-order valence-electron chi connectivity index (χ0n) is 9.92. The highest BCUT2D eigenvalue weighted by atomic mass is 32.1. The van der Waals surface area contributed by atoms with E-state index in [2.05, 4.69) is 15.6 Å². The Morgan fingerprint density at radius 2 is 1.94 bits per heavy atom. The first-order valence-corrected chi connectivity index (χ1v) is 6.28. The molecule has 0 atom stereocenters. The monoisotopic (exact) mass is 266 g/mol. The Labute approximate surface area is 109 Å². The molecule has 0 radical (unpaired) electrons. The normalized spacial score (nSPS) is 10.1. The zero-order chi connectivity index (χ0) is 12.8. The molecule has 0 fully saturated rings. The van der Waals surface area contributed by atoms with Crippen LogP contribution >= 0.6 is 11.3 Å². The molecule has 2 rings (SSSR count). The van der Waals surface area contributed by atoms with Crippen molar-refractivity contribution in [1.29, 1.82) is 0 Å². The van der Waals surface area contributed by atoms with Crippen molar-refractivity contribution in [3.63, 3.8) is 0 Å². The Kier molecular flexibility index (Phi) is 4.32. The van der Waals surface area contributed by atoms with Gasteiger partial charge in [-0.15, -0.1) is 10.2 Å². The molecule has 0 unspecified atom stereocenters. The van der Waals surface area contributed by atoms with Gasteiger partial charge in [0, 0.05) is 0 Å². The first kappa shape index (κ1) is 12.6. The van der Waals surface area contributed by atoms with Crippen LogP contribution in [-0.2, 0) is 6.61 Å². The molecule has 6 nitrogen and oxygen atoms in total. The van der Waals surface area contributed by atoms with E-state index in [9.17, 15) is 0 Å². The highest BCUT2D eigenvalue weighted by molar-refractivity contribution is 7.15. The summed E-state index contributed by atoms with van der Waals surface area (Å²) in [5, 5.41) is 9.07. The van der Waals surface area contributed by atoms with Crippen LogP contribution in [0.15, 0.2) is 24.3 Å². The summed E-state index contributed by atoms with van der Waals surface area (Å²) in [6, 6.07) is 7.52. The molecule has 0 aliphatic rings. The third-order valence-electron chi connectivity index (χ3n) is 2.09. The quantitative estimate of drug-likeness (QED) is 0.613. The van der Waals surface area contributed by atoms with E-state index >= 15 is 0 Å². The summed E-state index contributed by atoms with van der Waals surface area (Å²) in [4.78, 5) is 0. The van der Waals surface area contributed by atoms with Crippen LogP contribution < -0.4 is 20.7 Å². The maximum absolute atomic E-state index is 5.65. The van der Waals surface area contributed by atoms with E-state index in [0.717, 1.165) is 10.8 Å². The Hall–Kier alpha value is -1.86. The molecule has 1 aromatic heterocycles. The fourth-order valence-electron chi connectivity index (χ4n) is 1.35. The van der Waals surface area contributed by atoms with Crippen LogP contribution in [-0.4, -0.2) is 16.8 Å². The van der Waals surface area contributed by atoms with Gasteiger partial charge in [0.25, 0.3) is 0 Å². The Bertz CT molecular complexity index is 503. The minimum atomic E-state index is 0.337. The molecule has 0 amide bonds. The SMILES string of the molecule is CCOc1ccccc1OCc1nnc(NN)s1. The van der Waals surface area contributed by atoms with E-state index in [1.165, 1.54) is 11.3 Å². The Morgan fingerprint density at radius 1 is 1.22 bits per heavy atom. The third kappa shape index (κ3) is 3.08. The summed E-state index contributed by atoms with van der Waals surface area (Å²) in [6.07, 6.45) is 0. The maximum Gasteiger partial charge on any atom is 0.219 e. The van der Waals surface area contributed by atoms with Crippen LogP contribution in [0.2, 0.25) is 0 Å². The summed E-state index contributed by atoms with van der Waals surface area (Å²) in [6.45, 7) is 2.87. The highest BCUT2D eigenvalue weighted by Gasteiger charge is 2.07. The van der Waals surface area contributed by atoms with Crippen molar-refractivity contribution in [2.45, 2.75) is 13.5 Å². The number of rotatable bonds is 6. The lowest BCUT2D eigenvalue weighted by Gasteiger charge is -2.09. The Morgan fingerprint density at radius 3 is 2.56 bits per heavy atom. The fourth-order valence-corrected chi connectivity index (χ4v) is 1.92. The molecule has 0 saturated carbocycles. The van der Waals surface area contributed by atoms with E-state index in [1.54, 1.807) is 0 Å². The summed E-state index contributed by atoms with van der Waals surface area (Å²) in [7, 11) is 0. The molecule has 18 heavy (non-hydrogen) atoms. The Balaban J connectivity index is 2.01. The van der Waals surface area contributed by atoms with E-state index < -0.39 is 0 Å². The van der Waals surface area contributed by atoms with Crippen LogP contribution in [0.5, 0.6) is 11.5 Å². The van der Waals surface area contributed by atoms with E-state index in [-0.39, 0.29) is 0 Å². The van der Waals surface area contributed by atoms with Gasteiger partial charge in [0.1, 0.15) is 6.61 Å². The number of aromatic nitrogens is 2. The third-order valence-corrected chi connectivity index (χ3v) is 2.92. The van der Waals surface area contributed by atoms with Gasteiger partial charge in [-0.1, -0.05) is 23.5 Å². The average Bonchev–Trinajstić information content (AvgIpc) is 2.86. The molecule has 2 aromatic rings. The number of hydrogen-bond donors (Lipinski definition) is 2. The average molecular weight is 266 g/mol. The molecular formula is C11H14N4O2S. The number of benzene rings is 1. The van der Waals surface area contributed by atoms with Crippen LogP contribution in [0.1, 0.15) is 11.9 Å². The zero-order valence-corrected chi connectivity index (χ0v) is 10.7. The fraction of sp³-hybridized carbons (Fsp3) is 0.273. The van der Waals surface area contributed by atoms with Gasteiger partial charge in [-0.05, 0) is 19.1 Å². The first-order chi connectivity index (χ1) is 8.83. The van der Waals surface area contributed by atoms with Gasteiger partial charge in [0.2, 0.25) is 5.13 Å². The first-order valence-electron chi connectivity index (χ1n) is 5.47. The molecular weight excluding hydrogens is 252 g/mol. The molecule has 3 N–H and O–H groups in total. The van der Waals surface area contributed by atoms with Crippen LogP contribution in [0.25, 0.3) is 0 Å².